The number of hydrogen-bond acceptors (Lipinski definition) is 7. The molecule has 44 heavy (non-hydrogen) atoms. The van der Waals surface area contributed by atoms with Crippen LogP contribution in [0, 0.1) is 25.2 Å². The monoisotopic (exact) mass is 619 g/mol. The maximum Gasteiger partial charge on any atom is 0.264 e. The van der Waals surface area contributed by atoms with E-state index in [1.54, 1.807) is 18.2 Å². The van der Waals surface area contributed by atoms with Crippen molar-refractivity contribution in [3.8, 4) is 17.1 Å². The van der Waals surface area contributed by atoms with E-state index in [9.17, 15) is 13.2 Å². The van der Waals surface area contributed by atoms with Crippen molar-refractivity contribution >= 4 is 21.9 Å². The molecule has 2 aromatic carbocycles. The molecule has 4 bridgehead atoms. The molecule has 9 nitrogen and oxygen atoms in total. The first-order valence-electron chi connectivity index (χ1n) is 15.5. The minimum atomic E-state index is -4.10. The lowest BCUT2D eigenvalue weighted by atomic mass is 9.91. The Hall–Kier alpha value is -3.50. The highest BCUT2D eigenvalue weighted by molar-refractivity contribution is 7.92. The summed E-state index contributed by atoms with van der Waals surface area (Å²) in [6, 6.07) is 13.7. The minimum absolute atomic E-state index is 0.00975. The third kappa shape index (κ3) is 7.24. The Morgan fingerprint density at radius 3 is 2.36 bits per heavy atom. The van der Waals surface area contributed by atoms with Gasteiger partial charge in [0.05, 0.1) is 22.7 Å². The maximum absolute atomic E-state index is 14.3. The number of amides is 1. The molecule has 3 heterocycles. The van der Waals surface area contributed by atoms with Gasteiger partial charge in [0, 0.05) is 30.3 Å². The highest BCUT2D eigenvalue weighted by atomic mass is 32.2. The van der Waals surface area contributed by atoms with Crippen molar-refractivity contribution in [1.82, 2.24) is 19.8 Å². The van der Waals surface area contributed by atoms with Crippen LogP contribution in [0.25, 0.3) is 11.3 Å². The van der Waals surface area contributed by atoms with Crippen molar-refractivity contribution in [2.24, 2.45) is 11.3 Å². The standard InChI is InChI=1S/C34H45N5O4S/c1-22(2)16-26-21-43-30-18-29(31-23(3)10-8-11-24(31)4)35-33(36-30)37-44(41,42)28-13-9-12-25(17-28)32(40)39(26)27-19-38(20-27)15-14-34(5,6)7/h8-13,17-18,22,26-27H,14-16,19-21H2,1-7H3,(H,35,36,37)/t26-/m1/s1. The van der Waals surface area contributed by atoms with Crippen LogP contribution in [-0.2, 0) is 10.0 Å². The fourth-order valence-corrected chi connectivity index (χ4v) is 7.02. The Morgan fingerprint density at radius 1 is 1.02 bits per heavy atom. The number of aryl methyl sites for hydroxylation is 2. The number of anilines is 1. The smallest absolute Gasteiger partial charge is 0.264 e. The van der Waals surface area contributed by atoms with Crippen LogP contribution < -0.4 is 9.46 Å². The van der Waals surface area contributed by atoms with Gasteiger partial charge in [-0.25, -0.2) is 18.1 Å². The number of likely N-dealkylation sites (tertiary alicyclic amines) is 1. The largest absolute Gasteiger partial charge is 0.475 e. The predicted octanol–water partition coefficient (Wildman–Crippen LogP) is 5.93. The number of fused-ring (bicyclic) bond motifs is 4. The quantitative estimate of drug-likeness (QED) is 0.365. The van der Waals surface area contributed by atoms with Gasteiger partial charge >= 0.3 is 0 Å². The number of hydrogen-bond donors (Lipinski definition) is 1. The third-order valence-corrected chi connectivity index (χ3v) is 9.69. The van der Waals surface area contributed by atoms with Crippen LogP contribution in [0.3, 0.4) is 0 Å². The van der Waals surface area contributed by atoms with E-state index in [4.69, 9.17) is 4.74 Å². The van der Waals surface area contributed by atoms with E-state index in [0.29, 0.717) is 17.2 Å². The fourth-order valence-electron chi connectivity index (χ4n) is 6.03. The van der Waals surface area contributed by atoms with E-state index in [1.165, 1.54) is 12.1 Å². The highest BCUT2D eigenvalue weighted by Crippen LogP contribution is 2.31. The van der Waals surface area contributed by atoms with Crippen LogP contribution in [0.4, 0.5) is 5.95 Å². The third-order valence-electron chi connectivity index (χ3n) is 8.36. The zero-order chi connectivity index (χ0) is 31.8. The molecule has 0 unspecified atom stereocenters. The van der Waals surface area contributed by atoms with E-state index in [2.05, 4.69) is 54.2 Å². The number of aromatic nitrogens is 2. The van der Waals surface area contributed by atoms with Crippen LogP contribution in [-0.4, -0.2) is 72.4 Å². The van der Waals surface area contributed by atoms with E-state index in [1.807, 2.05) is 36.9 Å². The van der Waals surface area contributed by atoms with Gasteiger partial charge in [-0.05, 0) is 73.9 Å². The van der Waals surface area contributed by atoms with E-state index in [0.717, 1.165) is 49.2 Å². The van der Waals surface area contributed by atoms with Crippen molar-refractivity contribution < 1.29 is 17.9 Å². The zero-order valence-corrected chi connectivity index (χ0v) is 27.7. The predicted molar refractivity (Wildman–Crippen MR) is 173 cm³/mol. The molecular formula is C34H45N5O4S. The van der Waals surface area contributed by atoms with Gasteiger partial charge in [-0.2, -0.15) is 4.98 Å². The van der Waals surface area contributed by atoms with Crippen molar-refractivity contribution in [3.63, 3.8) is 0 Å². The first-order valence-corrected chi connectivity index (χ1v) is 16.9. The number of ether oxygens (including phenoxy) is 1. The molecular weight excluding hydrogens is 574 g/mol. The molecule has 1 atom stereocenters. The summed E-state index contributed by atoms with van der Waals surface area (Å²) in [5.74, 6) is 0.279. The summed E-state index contributed by atoms with van der Waals surface area (Å²) in [7, 11) is -4.10. The van der Waals surface area contributed by atoms with Crippen molar-refractivity contribution in [2.75, 3.05) is 31.0 Å². The second kappa shape index (κ2) is 12.5. The molecule has 1 N–H and O–H groups in total. The van der Waals surface area contributed by atoms with Crippen LogP contribution in [0.2, 0.25) is 0 Å². The molecule has 1 fully saturated rings. The first kappa shape index (κ1) is 31.9. The molecule has 1 saturated heterocycles. The van der Waals surface area contributed by atoms with Gasteiger partial charge in [0.15, 0.2) is 0 Å². The second-order valence-corrected chi connectivity index (χ2v) is 15.5. The lowest BCUT2D eigenvalue weighted by Crippen LogP contribution is -2.64. The Morgan fingerprint density at radius 2 is 1.70 bits per heavy atom. The van der Waals surface area contributed by atoms with Crippen LogP contribution >= 0.6 is 0 Å². The van der Waals surface area contributed by atoms with Crippen molar-refractivity contribution in [2.45, 2.75) is 78.3 Å². The first-order chi connectivity index (χ1) is 20.7. The van der Waals surface area contributed by atoms with Crippen molar-refractivity contribution in [3.05, 3.63) is 65.2 Å². The Kier molecular flexibility index (Phi) is 9.05. The molecule has 0 spiro atoms. The highest BCUT2D eigenvalue weighted by Gasteiger charge is 2.40. The summed E-state index contributed by atoms with van der Waals surface area (Å²) >= 11 is 0. The van der Waals surface area contributed by atoms with Gasteiger partial charge in [-0.15, -0.1) is 0 Å². The molecule has 236 valence electrons. The fraction of sp³-hybridized carbons (Fsp3) is 0.500. The molecule has 0 radical (unpaired) electrons. The van der Waals surface area contributed by atoms with E-state index < -0.39 is 10.0 Å². The van der Waals surface area contributed by atoms with Gasteiger partial charge in [0.2, 0.25) is 11.8 Å². The summed E-state index contributed by atoms with van der Waals surface area (Å²) in [4.78, 5) is 27.7. The molecule has 3 aromatic rings. The van der Waals surface area contributed by atoms with Gasteiger partial charge in [-0.3, -0.25) is 9.69 Å². The lowest BCUT2D eigenvalue weighted by Gasteiger charge is -2.49. The zero-order valence-electron chi connectivity index (χ0n) is 26.9. The Bertz CT molecular complexity index is 1610. The molecule has 1 aromatic heterocycles. The topological polar surface area (TPSA) is 105 Å². The van der Waals surface area contributed by atoms with Crippen molar-refractivity contribution in [1.29, 1.82) is 0 Å². The normalized spacial score (nSPS) is 19.3. The number of nitrogens with one attached hydrogen (secondary N) is 1. The minimum Gasteiger partial charge on any atom is -0.475 e. The van der Waals surface area contributed by atoms with E-state index in [-0.39, 0.29) is 46.7 Å². The molecule has 2 aliphatic heterocycles. The number of sulfonamides is 1. The molecule has 0 aliphatic carbocycles. The number of rotatable bonds is 6. The van der Waals surface area contributed by atoms with E-state index >= 15 is 0 Å². The Labute approximate surface area is 262 Å². The number of benzene rings is 2. The Balaban J connectivity index is 1.57. The van der Waals surface area contributed by atoms with Gasteiger partial charge < -0.3 is 9.64 Å². The number of carbonyl (C=O) groups excluding carboxylic acids is 1. The average molecular weight is 620 g/mol. The summed E-state index contributed by atoms with van der Waals surface area (Å²) in [5.41, 5.74) is 4.03. The number of nitrogens with zero attached hydrogens (tertiary/aromatic N) is 4. The number of carbonyl (C=O) groups is 1. The maximum atomic E-state index is 14.3. The lowest BCUT2D eigenvalue weighted by molar-refractivity contribution is -0.00567. The molecule has 5 rings (SSSR count). The van der Waals surface area contributed by atoms with Gasteiger partial charge in [-0.1, -0.05) is 58.9 Å². The van der Waals surface area contributed by atoms with Crippen LogP contribution in [0.5, 0.6) is 5.88 Å². The molecule has 0 saturated carbocycles. The second-order valence-electron chi connectivity index (χ2n) is 13.8. The van der Waals surface area contributed by atoms with Gasteiger partial charge in [0.1, 0.15) is 6.61 Å². The molecule has 2 aliphatic rings. The summed E-state index contributed by atoms with van der Waals surface area (Å²) < 4.78 is 36.1. The molecule has 1 amide bonds. The SMILES string of the molecule is Cc1cccc(C)c1-c1cc2nc(n1)NS(=O)(=O)c1cccc(c1)C(=O)N(C1CN(CCC(C)(C)C)C1)[C@H](CC(C)C)CO2. The summed E-state index contributed by atoms with van der Waals surface area (Å²) in [6.45, 7) is 17.7. The molecule has 10 heteroatoms. The summed E-state index contributed by atoms with van der Waals surface area (Å²) in [6.07, 6.45) is 1.79. The summed E-state index contributed by atoms with van der Waals surface area (Å²) in [5, 5.41) is 0. The average Bonchev–Trinajstić information content (AvgIpc) is 2.91. The van der Waals surface area contributed by atoms with Gasteiger partial charge in [0.25, 0.3) is 15.9 Å². The van der Waals surface area contributed by atoms with Crippen LogP contribution in [0.1, 0.15) is 68.9 Å². The van der Waals surface area contributed by atoms with Crippen LogP contribution in [0.15, 0.2) is 53.4 Å².